The molecular formula is C17H36O7Si2. The second-order valence-electron chi connectivity index (χ2n) is 5.38. The third kappa shape index (κ3) is 9.40. The summed E-state index contributed by atoms with van der Waals surface area (Å²) in [6.45, 7) is 16.0. The first-order valence-electron chi connectivity index (χ1n) is 9.45. The molecule has 9 heteroatoms. The quantitative estimate of drug-likeness (QED) is 0.208. The van der Waals surface area contributed by atoms with E-state index in [0.29, 0.717) is 51.2 Å². The molecule has 0 unspecified atom stereocenters. The molecule has 0 spiro atoms. The minimum Gasteiger partial charge on any atom is -0.463 e. The van der Waals surface area contributed by atoms with Crippen LogP contribution in [0.1, 0.15) is 34.6 Å². The lowest BCUT2D eigenvalue weighted by atomic mass is 10.6. The van der Waals surface area contributed by atoms with Gasteiger partial charge in [-0.05, 0) is 40.7 Å². The van der Waals surface area contributed by atoms with E-state index in [0.717, 1.165) is 6.08 Å². The molecule has 0 aromatic carbocycles. The van der Waals surface area contributed by atoms with Crippen molar-refractivity contribution >= 4 is 23.3 Å². The van der Waals surface area contributed by atoms with Crippen LogP contribution < -0.4 is 0 Å². The molecule has 0 heterocycles. The van der Waals surface area contributed by atoms with E-state index in [1.807, 2.05) is 34.6 Å². The Morgan fingerprint density at radius 3 is 1.62 bits per heavy atom. The number of carbonyl (C=O) groups excluding carboxylic acids is 1. The third-order valence-electron chi connectivity index (χ3n) is 3.61. The summed E-state index contributed by atoms with van der Waals surface area (Å²) in [6, 6.07) is 1.82. The van der Waals surface area contributed by atoms with Gasteiger partial charge < -0.3 is 26.9 Å². The highest BCUT2D eigenvalue weighted by molar-refractivity contribution is 6.70. The van der Waals surface area contributed by atoms with Gasteiger partial charge in [0.25, 0.3) is 0 Å². The van der Waals surface area contributed by atoms with Crippen LogP contribution in [0.2, 0.25) is 18.1 Å². The smallest absolute Gasteiger partial charge is 0.463 e. The van der Waals surface area contributed by atoms with Gasteiger partial charge in [-0.1, -0.05) is 6.58 Å². The highest BCUT2D eigenvalue weighted by Gasteiger charge is 2.46. The summed E-state index contributed by atoms with van der Waals surface area (Å²) >= 11 is 0. The van der Waals surface area contributed by atoms with Crippen LogP contribution in [-0.2, 0) is 31.7 Å². The zero-order valence-corrected chi connectivity index (χ0v) is 19.0. The Morgan fingerprint density at radius 2 is 1.23 bits per heavy atom. The molecule has 7 nitrogen and oxygen atoms in total. The van der Waals surface area contributed by atoms with Crippen LogP contribution in [0.15, 0.2) is 12.7 Å². The molecule has 0 aromatic heterocycles. The molecule has 0 aliphatic heterocycles. The second kappa shape index (κ2) is 14.5. The monoisotopic (exact) mass is 408 g/mol. The molecule has 0 N–H and O–H groups in total. The summed E-state index contributed by atoms with van der Waals surface area (Å²) < 4.78 is 35.1. The van der Waals surface area contributed by atoms with E-state index < -0.39 is 23.3 Å². The van der Waals surface area contributed by atoms with Crippen LogP contribution in [0.4, 0.5) is 0 Å². The van der Waals surface area contributed by atoms with Crippen LogP contribution in [-0.4, -0.2) is 63.0 Å². The van der Waals surface area contributed by atoms with E-state index in [2.05, 4.69) is 6.58 Å². The maximum absolute atomic E-state index is 11.3. The summed E-state index contributed by atoms with van der Waals surface area (Å²) in [4.78, 5) is 11.3. The van der Waals surface area contributed by atoms with Crippen molar-refractivity contribution in [3.8, 4) is 0 Å². The summed E-state index contributed by atoms with van der Waals surface area (Å²) in [5.41, 5.74) is 0. The number of rotatable bonds is 17. The molecule has 0 rings (SSSR count). The van der Waals surface area contributed by atoms with Crippen molar-refractivity contribution < 1.29 is 31.7 Å². The lowest BCUT2D eigenvalue weighted by molar-refractivity contribution is -0.137. The molecule has 26 heavy (non-hydrogen) atoms. The van der Waals surface area contributed by atoms with E-state index >= 15 is 0 Å². The van der Waals surface area contributed by atoms with Crippen molar-refractivity contribution in [3.63, 3.8) is 0 Å². The zero-order chi connectivity index (χ0) is 19.9. The Kier molecular flexibility index (Phi) is 14.2. The van der Waals surface area contributed by atoms with E-state index in [1.54, 1.807) is 0 Å². The number of ether oxygens (including phenoxy) is 1. The minimum absolute atomic E-state index is 0.240. The molecular weight excluding hydrogens is 372 g/mol. The Labute approximate surface area is 160 Å². The van der Waals surface area contributed by atoms with Gasteiger partial charge in [-0.3, -0.25) is 0 Å². The summed E-state index contributed by atoms with van der Waals surface area (Å²) in [5.74, 6) is -0.442. The first kappa shape index (κ1) is 25.4. The first-order valence-corrected chi connectivity index (χ1v) is 13.6. The van der Waals surface area contributed by atoms with Crippen molar-refractivity contribution in [1.82, 2.24) is 0 Å². The minimum atomic E-state index is -2.78. The average Bonchev–Trinajstić information content (AvgIpc) is 2.61. The van der Waals surface area contributed by atoms with E-state index in [9.17, 15) is 4.79 Å². The Balaban J connectivity index is 5.19. The second-order valence-corrected chi connectivity index (χ2v) is 11.5. The van der Waals surface area contributed by atoms with Crippen LogP contribution in [0, 0.1) is 0 Å². The number of esters is 1. The lowest BCUT2D eigenvalue weighted by Gasteiger charge is -2.34. The largest absolute Gasteiger partial charge is 0.500 e. The molecule has 0 fully saturated rings. The summed E-state index contributed by atoms with van der Waals surface area (Å²) in [6.07, 6.45) is 1.15. The number of hydrogen-bond acceptors (Lipinski definition) is 7. The zero-order valence-electron chi connectivity index (χ0n) is 17.0. The predicted octanol–water partition coefficient (Wildman–Crippen LogP) is 3.28. The predicted molar refractivity (Wildman–Crippen MR) is 105 cm³/mol. The molecule has 0 atom stereocenters. The van der Waals surface area contributed by atoms with Crippen LogP contribution in [0.5, 0.6) is 0 Å². The molecule has 0 aliphatic carbocycles. The fraction of sp³-hybridized carbons (Fsp3) is 0.824. The first-order chi connectivity index (χ1) is 12.5. The molecule has 0 amide bonds. The van der Waals surface area contributed by atoms with Crippen molar-refractivity contribution in [2.24, 2.45) is 0 Å². The Bertz CT molecular complexity index is 370. The molecule has 0 aromatic rings. The highest BCUT2D eigenvalue weighted by atomic mass is 28.4. The average molecular weight is 409 g/mol. The Hall–Kier alpha value is -0.556. The van der Waals surface area contributed by atoms with Crippen molar-refractivity contribution in [2.45, 2.75) is 52.8 Å². The normalized spacial score (nSPS) is 12.2. The molecule has 0 saturated heterocycles. The Morgan fingerprint density at radius 1 is 0.769 bits per heavy atom. The maximum Gasteiger partial charge on any atom is 0.500 e. The molecule has 0 aliphatic rings. The fourth-order valence-corrected chi connectivity index (χ4v) is 9.82. The standard InChI is InChI=1S/C17H36O7Si2/c1-7-17(18)19-13-14-25(20-8-2,21-9-3)15-16-26(22-10-4,23-11-5)24-12-6/h7H,1,8-16H2,2-6H3. The molecule has 154 valence electrons. The van der Waals surface area contributed by atoms with Crippen LogP contribution in [0.25, 0.3) is 0 Å². The van der Waals surface area contributed by atoms with Gasteiger partial charge in [0.05, 0.1) is 6.61 Å². The van der Waals surface area contributed by atoms with Crippen LogP contribution in [0.3, 0.4) is 0 Å². The number of hydrogen-bond donors (Lipinski definition) is 0. The van der Waals surface area contributed by atoms with E-state index in [1.165, 1.54) is 0 Å². The topological polar surface area (TPSA) is 72.5 Å². The van der Waals surface area contributed by atoms with Gasteiger partial charge in [0, 0.05) is 51.2 Å². The van der Waals surface area contributed by atoms with Gasteiger partial charge in [0.1, 0.15) is 0 Å². The SMILES string of the molecule is C=CC(=O)OCC[Si](CC[Si](OCC)(OCC)OCC)(OCC)OCC. The summed E-state index contributed by atoms with van der Waals surface area (Å²) in [7, 11) is -5.37. The molecule has 0 radical (unpaired) electrons. The lowest BCUT2D eigenvalue weighted by Crippen LogP contribution is -2.50. The van der Waals surface area contributed by atoms with Gasteiger partial charge in [0.2, 0.25) is 0 Å². The van der Waals surface area contributed by atoms with Crippen LogP contribution >= 0.6 is 0 Å². The highest BCUT2D eigenvalue weighted by Crippen LogP contribution is 2.28. The van der Waals surface area contributed by atoms with Crippen molar-refractivity contribution in [1.29, 1.82) is 0 Å². The third-order valence-corrected chi connectivity index (χ3v) is 10.8. The summed E-state index contributed by atoms with van der Waals surface area (Å²) in [5, 5.41) is 0. The van der Waals surface area contributed by atoms with Crippen molar-refractivity contribution in [3.05, 3.63) is 12.7 Å². The fourth-order valence-electron chi connectivity index (χ4n) is 2.69. The molecule has 0 saturated carbocycles. The van der Waals surface area contributed by atoms with Gasteiger partial charge >= 0.3 is 23.3 Å². The van der Waals surface area contributed by atoms with E-state index in [4.69, 9.17) is 26.9 Å². The molecule has 0 bridgehead atoms. The maximum atomic E-state index is 11.3. The van der Waals surface area contributed by atoms with Gasteiger partial charge in [-0.15, -0.1) is 0 Å². The number of carbonyl (C=O) groups is 1. The van der Waals surface area contributed by atoms with Gasteiger partial charge in [-0.2, -0.15) is 0 Å². The van der Waals surface area contributed by atoms with E-state index in [-0.39, 0.29) is 6.61 Å². The van der Waals surface area contributed by atoms with Gasteiger partial charge in [0.15, 0.2) is 0 Å². The van der Waals surface area contributed by atoms with Crippen molar-refractivity contribution in [2.75, 3.05) is 39.6 Å². The van der Waals surface area contributed by atoms with Gasteiger partial charge in [-0.25, -0.2) is 4.79 Å².